The summed E-state index contributed by atoms with van der Waals surface area (Å²) < 4.78 is 0. The van der Waals surface area contributed by atoms with Gasteiger partial charge >= 0.3 is 0 Å². The van der Waals surface area contributed by atoms with Gasteiger partial charge in [-0.3, -0.25) is 9.59 Å². The first-order valence-electron chi connectivity index (χ1n) is 8.72. The van der Waals surface area contributed by atoms with Gasteiger partial charge in [-0.05, 0) is 35.9 Å². The highest BCUT2D eigenvalue weighted by molar-refractivity contribution is 8.03. The first kappa shape index (κ1) is 16.9. The second-order valence-corrected chi connectivity index (χ2v) is 7.46. The molecule has 0 fully saturated rings. The Morgan fingerprint density at radius 3 is 2.65 bits per heavy atom. The van der Waals surface area contributed by atoms with Crippen molar-refractivity contribution in [1.29, 1.82) is 0 Å². The van der Waals surface area contributed by atoms with Crippen molar-refractivity contribution in [2.24, 2.45) is 0 Å². The van der Waals surface area contributed by atoms with Gasteiger partial charge in [0, 0.05) is 11.7 Å². The molecule has 0 spiro atoms. The van der Waals surface area contributed by atoms with Crippen molar-refractivity contribution in [3.05, 3.63) is 71.1 Å². The van der Waals surface area contributed by atoms with Crippen molar-refractivity contribution in [1.82, 2.24) is 4.90 Å². The van der Waals surface area contributed by atoms with Crippen LogP contribution in [0, 0.1) is 0 Å². The quantitative estimate of drug-likeness (QED) is 0.836. The second kappa shape index (κ2) is 7.00. The van der Waals surface area contributed by atoms with E-state index < -0.39 is 0 Å². The molecule has 2 aromatic rings. The van der Waals surface area contributed by atoms with Crippen LogP contribution in [0.15, 0.2) is 60.0 Å². The lowest BCUT2D eigenvalue weighted by Gasteiger charge is -2.31. The highest BCUT2D eigenvalue weighted by atomic mass is 32.2. The number of nitrogens with zero attached hydrogens (tertiary/aromatic N) is 2. The molecule has 0 saturated carbocycles. The van der Waals surface area contributed by atoms with Crippen molar-refractivity contribution in [2.45, 2.75) is 19.4 Å². The van der Waals surface area contributed by atoms with Gasteiger partial charge in [-0.25, -0.2) is 0 Å². The minimum atomic E-state index is -0.0375. The van der Waals surface area contributed by atoms with Gasteiger partial charge in [0.05, 0.1) is 11.4 Å². The maximum absolute atomic E-state index is 13.1. The van der Waals surface area contributed by atoms with Gasteiger partial charge in [0.25, 0.3) is 0 Å². The summed E-state index contributed by atoms with van der Waals surface area (Å²) in [5, 5.41) is 1.98. The molecule has 1 unspecified atom stereocenters. The zero-order valence-electron chi connectivity index (χ0n) is 14.6. The van der Waals surface area contributed by atoms with E-state index in [9.17, 15) is 9.59 Å². The number of rotatable bonds is 3. The first-order valence-corrected chi connectivity index (χ1v) is 9.77. The summed E-state index contributed by atoms with van der Waals surface area (Å²) in [6, 6.07) is 17.9. The SMILES string of the molecule is CC1Cc2ccccc2N1C(=O)CN1C(=O)CSC=C1c1ccccc1. The number of amides is 2. The van der Waals surface area contributed by atoms with Gasteiger partial charge in [-0.1, -0.05) is 48.5 Å². The topological polar surface area (TPSA) is 40.6 Å². The summed E-state index contributed by atoms with van der Waals surface area (Å²) in [5.74, 6) is 0.310. The molecule has 0 radical (unpaired) electrons. The number of anilines is 1. The van der Waals surface area contributed by atoms with Crippen LogP contribution in [0.3, 0.4) is 0 Å². The van der Waals surface area contributed by atoms with Crippen LogP contribution < -0.4 is 4.90 Å². The minimum absolute atomic E-state index is 0.0233. The van der Waals surface area contributed by atoms with Crippen LogP contribution in [0.25, 0.3) is 5.70 Å². The van der Waals surface area contributed by atoms with Crippen molar-refractivity contribution >= 4 is 35.0 Å². The van der Waals surface area contributed by atoms with E-state index in [0.717, 1.165) is 23.4 Å². The van der Waals surface area contributed by atoms with E-state index in [1.807, 2.05) is 58.8 Å². The zero-order chi connectivity index (χ0) is 18.1. The first-order chi connectivity index (χ1) is 12.6. The molecule has 2 aliphatic rings. The Hall–Kier alpha value is -2.53. The van der Waals surface area contributed by atoms with Gasteiger partial charge in [0.15, 0.2) is 0 Å². The van der Waals surface area contributed by atoms with E-state index in [-0.39, 0.29) is 24.4 Å². The van der Waals surface area contributed by atoms with Crippen LogP contribution in [0.1, 0.15) is 18.1 Å². The van der Waals surface area contributed by atoms with Crippen LogP contribution in [0.4, 0.5) is 5.69 Å². The Morgan fingerprint density at radius 2 is 1.85 bits per heavy atom. The zero-order valence-corrected chi connectivity index (χ0v) is 15.4. The van der Waals surface area contributed by atoms with Crippen LogP contribution in [0.5, 0.6) is 0 Å². The molecular weight excluding hydrogens is 344 g/mol. The fourth-order valence-corrected chi connectivity index (χ4v) is 4.43. The molecule has 1 atom stereocenters. The molecule has 0 saturated heterocycles. The highest BCUT2D eigenvalue weighted by Gasteiger charge is 2.33. The Morgan fingerprint density at radius 1 is 1.12 bits per heavy atom. The Labute approximate surface area is 157 Å². The average molecular weight is 364 g/mol. The van der Waals surface area contributed by atoms with E-state index in [0.29, 0.717) is 5.75 Å². The number of thioether (sulfide) groups is 1. The van der Waals surface area contributed by atoms with Gasteiger partial charge in [0.1, 0.15) is 6.54 Å². The molecule has 26 heavy (non-hydrogen) atoms. The summed E-state index contributed by atoms with van der Waals surface area (Å²) in [7, 11) is 0. The van der Waals surface area contributed by atoms with E-state index in [4.69, 9.17) is 0 Å². The molecule has 4 rings (SSSR count). The minimum Gasteiger partial charge on any atom is -0.307 e. The molecule has 5 heteroatoms. The molecular formula is C21H20N2O2S. The van der Waals surface area contributed by atoms with Crippen LogP contribution in [-0.4, -0.2) is 35.1 Å². The molecule has 0 N–H and O–H groups in total. The highest BCUT2D eigenvalue weighted by Crippen LogP contribution is 2.33. The number of fused-ring (bicyclic) bond motifs is 1. The van der Waals surface area contributed by atoms with Gasteiger partial charge < -0.3 is 9.80 Å². The predicted molar refractivity (Wildman–Crippen MR) is 106 cm³/mol. The van der Waals surface area contributed by atoms with Gasteiger partial charge in [-0.15, -0.1) is 11.8 Å². The summed E-state index contributed by atoms with van der Waals surface area (Å²) in [4.78, 5) is 29.1. The Kier molecular flexibility index (Phi) is 4.55. The number of benzene rings is 2. The summed E-state index contributed by atoms with van der Waals surface area (Å²) in [5.41, 5.74) is 3.91. The normalized spacial score (nSPS) is 19.3. The van der Waals surface area contributed by atoms with Crippen molar-refractivity contribution in [2.75, 3.05) is 17.2 Å². The summed E-state index contributed by atoms with van der Waals surface area (Å²) in [6.07, 6.45) is 0.854. The van der Waals surface area contributed by atoms with Crippen molar-refractivity contribution < 1.29 is 9.59 Å². The third-order valence-corrected chi connectivity index (χ3v) is 5.64. The average Bonchev–Trinajstić information content (AvgIpc) is 3.00. The van der Waals surface area contributed by atoms with Crippen LogP contribution in [0.2, 0.25) is 0 Å². The molecule has 4 nitrogen and oxygen atoms in total. The molecule has 132 valence electrons. The Bertz CT molecular complexity index is 879. The fourth-order valence-electron chi connectivity index (χ4n) is 3.63. The molecule has 2 amide bonds. The lowest BCUT2D eigenvalue weighted by atomic mass is 10.1. The second-order valence-electron chi connectivity index (χ2n) is 6.61. The van der Waals surface area contributed by atoms with E-state index in [1.165, 1.54) is 17.3 Å². The molecule has 0 aliphatic carbocycles. The molecule has 0 aromatic heterocycles. The maximum atomic E-state index is 13.1. The maximum Gasteiger partial charge on any atom is 0.247 e. The smallest absolute Gasteiger partial charge is 0.247 e. The van der Waals surface area contributed by atoms with Crippen molar-refractivity contribution in [3.63, 3.8) is 0 Å². The predicted octanol–water partition coefficient (Wildman–Crippen LogP) is 3.54. The third kappa shape index (κ3) is 3.03. The molecule has 0 bridgehead atoms. The number of hydrogen-bond acceptors (Lipinski definition) is 3. The van der Waals surface area contributed by atoms with Gasteiger partial charge in [-0.2, -0.15) is 0 Å². The lowest BCUT2D eigenvalue weighted by Crippen LogP contribution is -2.45. The molecule has 2 aromatic carbocycles. The number of hydrogen-bond donors (Lipinski definition) is 0. The largest absolute Gasteiger partial charge is 0.307 e. The fraction of sp³-hybridized carbons (Fsp3) is 0.238. The van der Waals surface area contributed by atoms with E-state index >= 15 is 0 Å². The van der Waals surface area contributed by atoms with Crippen LogP contribution >= 0.6 is 11.8 Å². The molecule has 2 heterocycles. The Balaban J connectivity index is 1.61. The van der Waals surface area contributed by atoms with E-state index in [2.05, 4.69) is 13.0 Å². The monoisotopic (exact) mass is 364 g/mol. The van der Waals surface area contributed by atoms with Gasteiger partial charge in [0.2, 0.25) is 11.8 Å². The summed E-state index contributed by atoms with van der Waals surface area (Å²) in [6.45, 7) is 2.12. The number of carbonyl (C=O) groups excluding carboxylic acids is 2. The van der Waals surface area contributed by atoms with Crippen molar-refractivity contribution in [3.8, 4) is 0 Å². The third-order valence-electron chi connectivity index (χ3n) is 4.83. The number of carbonyl (C=O) groups is 2. The standard InChI is InChI=1S/C21H20N2O2S/c1-15-11-17-9-5-6-10-18(17)23(15)20(24)12-22-19(13-26-14-21(22)25)16-7-3-2-4-8-16/h2-10,13,15H,11-12,14H2,1H3. The lowest BCUT2D eigenvalue weighted by molar-refractivity contribution is -0.130. The molecule has 2 aliphatic heterocycles. The van der Waals surface area contributed by atoms with E-state index in [1.54, 1.807) is 4.90 Å². The summed E-state index contributed by atoms with van der Waals surface area (Å²) >= 11 is 1.48. The van der Waals surface area contributed by atoms with Crippen LogP contribution in [-0.2, 0) is 16.0 Å². The number of para-hydroxylation sites is 1.